The average Bonchev–Trinajstić information content (AvgIpc) is 3.47. The van der Waals surface area contributed by atoms with Gasteiger partial charge in [-0.05, 0) is 30.2 Å². The van der Waals surface area contributed by atoms with Gasteiger partial charge in [0.15, 0.2) is 0 Å². The molecule has 182 valence electrons. The molecule has 0 aliphatic heterocycles. The predicted molar refractivity (Wildman–Crippen MR) is 137 cm³/mol. The second kappa shape index (κ2) is 9.93. The van der Waals surface area contributed by atoms with Gasteiger partial charge in [0.1, 0.15) is 4.88 Å². The first-order valence-corrected chi connectivity index (χ1v) is 12.0. The number of carbonyl (C=O) groups is 1. The lowest BCUT2D eigenvalue weighted by Gasteiger charge is -2.19. The van der Waals surface area contributed by atoms with Gasteiger partial charge in [-0.1, -0.05) is 32.9 Å². The van der Waals surface area contributed by atoms with Crippen LogP contribution in [0.1, 0.15) is 52.6 Å². The molecule has 0 saturated carbocycles. The number of aliphatic hydroxyl groups is 1. The zero-order valence-corrected chi connectivity index (χ0v) is 21.2. The maximum absolute atomic E-state index is 12.8. The molecule has 3 heterocycles. The molecule has 10 heteroatoms. The summed E-state index contributed by atoms with van der Waals surface area (Å²) in [6, 6.07) is 7.13. The number of carbonyl (C=O) groups excluding carboxylic acids is 1. The van der Waals surface area contributed by atoms with Crippen LogP contribution in [0.25, 0.3) is 11.3 Å². The molecular weight excluding hydrogens is 462 g/mol. The van der Waals surface area contributed by atoms with Crippen LogP contribution in [0.5, 0.6) is 0 Å². The fourth-order valence-electron chi connectivity index (χ4n) is 3.60. The Labute approximate surface area is 208 Å². The van der Waals surface area contributed by atoms with Crippen LogP contribution in [0.4, 0.5) is 11.6 Å². The van der Waals surface area contributed by atoms with Crippen molar-refractivity contribution in [1.29, 1.82) is 0 Å². The van der Waals surface area contributed by atoms with E-state index in [1.165, 1.54) is 11.3 Å². The minimum atomic E-state index is -0.537. The lowest BCUT2D eigenvalue weighted by atomic mass is 9.98. The molecule has 9 nitrogen and oxygen atoms in total. The summed E-state index contributed by atoms with van der Waals surface area (Å²) in [6.07, 6.45) is 6.84. The molecular formula is C25H29N7O2S. The van der Waals surface area contributed by atoms with Gasteiger partial charge in [0.2, 0.25) is 5.95 Å². The minimum absolute atomic E-state index is 0.125. The van der Waals surface area contributed by atoms with Crippen molar-refractivity contribution in [3.63, 3.8) is 0 Å². The molecule has 35 heavy (non-hydrogen) atoms. The number of aliphatic hydroxyl groups excluding tert-OH is 1. The largest absolute Gasteiger partial charge is 0.394 e. The molecule has 4 rings (SSSR count). The van der Waals surface area contributed by atoms with Crippen molar-refractivity contribution in [2.75, 3.05) is 11.9 Å². The third-order valence-corrected chi connectivity index (χ3v) is 6.84. The Morgan fingerprint density at radius 2 is 2.00 bits per heavy atom. The number of nitrogens with one attached hydrogen (secondary N) is 2. The van der Waals surface area contributed by atoms with E-state index in [-0.39, 0.29) is 17.9 Å². The van der Waals surface area contributed by atoms with Gasteiger partial charge in [0.05, 0.1) is 41.4 Å². The molecule has 4 aromatic rings. The van der Waals surface area contributed by atoms with Crippen LogP contribution < -0.4 is 10.6 Å². The predicted octanol–water partition coefficient (Wildman–Crippen LogP) is 4.15. The van der Waals surface area contributed by atoms with Gasteiger partial charge >= 0.3 is 0 Å². The molecule has 1 unspecified atom stereocenters. The van der Waals surface area contributed by atoms with Gasteiger partial charge in [-0.15, -0.1) is 11.3 Å². The summed E-state index contributed by atoms with van der Waals surface area (Å²) in [5.74, 6) is 0.222. The number of thiazole rings is 1. The fraction of sp³-hybridized carbons (Fsp3) is 0.320. The normalized spacial score (nSPS) is 12.4. The number of rotatable bonds is 7. The Morgan fingerprint density at radius 1 is 1.20 bits per heavy atom. The Bertz CT molecular complexity index is 1340. The van der Waals surface area contributed by atoms with Gasteiger partial charge in [0.25, 0.3) is 5.91 Å². The SMILES string of the molecule is Cc1cc(-c2ccnc(Nc3cnn(C)c3)n2)ccc1C(CO)NC(=O)c1cnc(C(C)(C)C)s1. The van der Waals surface area contributed by atoms with E-state index >= 15 is 0 Å². The number of amides is 1. The third-order valence-electron chi connectivity index (χ3n) is 5.42. The first-order chi connectivity index (χ1) is 16.6. The fourth-order valence-corrected chi connectivity index (χ4v) is 4.47. The molecule has 3 aromatic heterocycles. The molecule has 0 aliphatic carbocycles. The van der Waals surface area contributed by atoms with E-state index in [0.29, 0.717) is 10.8 Å². The van der Waals surface area contributed by atoms with Crippen molar-refractivity contribution < 1.29 is 9.90 Å². The number of benzene rings is 1. The van der Waals surface area contributed by atoms with E-state index in [2.05, 4.69) is 51.5 Å². The molecule has 0 bridgehead atoms. The first kappa shape index (κ1) is 24.5. The van der Waals surface area contributed by atoms with Crippen molar-refractivity contribution in [2.45, 2.75) is 39.2 Å². The third kappa shape index (κ3) is 5.72. The smallest absolute Gasteiger partial charge is 0.263 e. The maximum atomic E-state index is 12.8. The van der Waals surface area contributed by atoms with Crippen LogP contribution in [0.2, 0.25) is 0 Å². The monoisotopic (exact) mass is 491 g/mol. The quantitative estimate of drug-likeness (QED) is 0.355. The summed E-state index contributed by atoms with van der Waals surface area (Å²) < 4.78 is 1.70. The van der Waals surface area contributed by atoms with E-state index in [1.807, 2.05) is 44.4 Å². The Morgan fingerprint density at radius 3 is 2.63 bits per heavy atom. The molecule has 1 amide bonds. The van der Waals surface area contributed by atoms with Crippen LogP contribution >= 0.6 is 11.3 Å². The summed E-state index contributed by atoms with van der Waals surface area (Å²) in [7, 11) is 1.84. The van der Waals surface area contributed by atoms with Gasteiger partial charge in [-0.3, -0.25) is 9.48 Å². The lowest BCUT2D eigenvalue weighted by Crippen LogP contribution is -2.30. The number of hydrogen-bond donors (Lipinski definition) is 3. The number of aromatic nitrogens is 5. The van der Waals surface area contributed by atoms with Crippen LogP contribution in [-0.4, -0.2) is 42.4 Å². The number of anilines is 2. The van der Waals surface area contributed by atoms with Crippen molar-refractivity contribution >= 4 is 28.9 Å². The molecule has 1 atom stereocenters. The number of hydrogen-bond acceptors (Lipinski definition) is 8. The molecule has 1 aromatic carbocycles. The second-order valence-electron chi connectivity index (χ2n) is 9.35. The van der Waals surface area contributed by atoms with Gasteiger partial charge in [0, 0.05) is 30.4 Å². The Balaban J connectivity index is 1.51. The first-order valence-electron chi connectivity index (χ1n) is 11.2. The zero-order valence-electron chi connectivity index (χ0n) is 20.4. The summed E-state index contributed by atoms with van der Waals surface area (Å²) in [5, 5.41) is 21.2. The van der Waals surface area contributed by atoms with Crippen LogP contribution in [-0.2, 0) is 12.5 Å². The van der Waals surface area contributed by atoms with E-state index in [9.17, 15) is 9.90 Å². The molecule has 0 radical (unpaired) electrons. The summed E-state index contributed by atoms with van der Waals surface area (Å²) in [4.78, 5) is 26.6. The highest BCUT2D eigenvalue weighted by Crippen LogP contribution is 2.28. The Hall–Kier alpha value is -3.63. The van der Waals surface area contributed by atoms with Crippen LogP contribution in [0.15, 0.2) is 49.1 Å². The van der Waals surface area contributed by atoms with Gasteiger partial charge < -0.3 is 15.7 Å². The number of nitrogens with zero attached hydrogens (tertiary/aromatic N) is 5. The lowest BCUT2D eigenvalue weighted by molar-refractivity contribution is 0.0920. The molecule has 3 N–H and O–H groups in total. The molecule has 0 spiro atoms. The molecule has 0 fully saturated rings. The van der Waals surface area contributed by atoms with Crippen molar-refractivity contribution in [2.24, 2.45) is 7.05 Å². The molecule has 0 aliphatic rings. The van der Waals surface area contributed by atoms with E-state index in [1.54, 1.807) is 23.3 Å². The van der Waals surface area contributed by atoms with Gasteiger partial charge in [-0.2, -0.15) is 5.10 Å². The van der Waals surface area contributed by atoms with Crippen molar-refractivity contribution in [3.8, 4) is 11.3 Å². The maximum Gasteiger partial charge on any atom is 0.263 e. The minimum Gasteiger partial charge on any atom is -0.394 e. The molecule has 0 saturated heterocycles. The van der Waals surface area contributed by atoms with Crippen LogP contribution in [0, 0.1) is 6.92 Å². The highest BCUT2D eigenvalue weighted by molar-refractivity contribution is 7.13. The Kier molecular flexibility index (Phi) is 6.95. The summed E-state index contributed by atoms with van der Waals surface area (Å²) in [6.45, 7) is 7.91. The standard InChI is InChI=1S/C25H29N7O2S/c1-15-10-16(19-8-9-26-24(31-19)29-17-11-28-32(5)13-17)6-7-18(15)20(14-33)30-22(34)21-12-27-23(35-21)25(2,3)4/h6-13,20,33H,14H2,1-5H3,(H,30,34)(H,26,29,31). The average molecular weight is 492 g/mol. The van der Waals surface area contributed by atoms with E-state index in [4.69, 9.17) is 0 Å². The zero-order chi connectivity index (χ0) is 25.2. The van der Waals surface area contributed by atoms with E-state index in [0.717, 1.165) is 33.1 Å². The van der Waals surface area contributed by atoms with Gasteiger partial charge in [-0.25, -0.2) is 15.0 Å². The van der Waals surface area contributed by atoms with E-state index < -0.39 is 6.04 Å². The van der Waals surface area contributed by atoms with Crippen LogP contribution in [0.3, 0.4) is 0 Å². The number of aryl methyl sites for hydroxylation is 2. The second-order valence-corrected chi connectivity index (χ2v) is 10.4. The highest BCUT2D eigenvalue weighted by atomic mass is 32.1. The highest BCUT2D eigenvalue weighted by Gasteiger charge is 2.23. The van der Waals surface area contributed by atoms with Crippen molar-refractivity contribution in [1.82, 2.24) is 30.0 Å². The summed E-state index contributed by atoms with van der Waals surface area (Å²) >= 11 is 1.37. The van der Waals surface area contributed by atoms with Crippen molar-refractivity contribution in [3.05, 3.63) is 70.1 Å². The topological polar surface area (TPSA) is 118 Å². The summed E-state index contributed by atoms with van der Waals surface area (Å²) in [5.41, 5.74) is 4.11.